The summed E-state index contributed by atoms with van der Waals surface area (Å²) in [4.78, 5) is 13.2. The molecule has 3 aromatic heterocycles. The van der Waals surface area contributed by atoms with Crippen LogP contribution < -0.4 is 0 Å². The van der Waals surface area contributed by atoms with Gasteiger partial charge in [-0.25, -0.2) is 4.98 Å². The Bertz CT molecular complexity index is 1010. The third kappa shape index (κ3) is 2.57. The number of fused-ring (bicyclic) bond motifs is 1. The average molecular weight is 302 g/mol. The van der Waals surface area contributed by atoms with Crippen molar-refractivity contribution in [3.63, 3.8) is 0 Å². The highest BCUT2D eigenvalue weighted by Crippen LogP contribution is 2.23. The van der Waals surface area contributed by atoms with Gasteiger partial charge in [0.2, 0.25) is 5.82 Å². The van der Waals surface area contributed by atoms with Gasteiger partial charge in [-0.1, -0.05) is 22.9 Å². The van der Waals surface area contributed by atoms with Crippen LogP contribution in [0.15, 0.2) is 53.2 Å². The minimum absolute atomic E-state index is 0.469. The number of benzene rings is 1. The molecule has 0 aliphatic carbocycles. The van der Waals surface area contributed by atoms with Gasteiger partial charge in [0.1, 0.15) is 5.69 Å². The van der Waals surface area contributed by atoms with E-state index >= 15 is 0 Å². The van der Waals surface area contributed by atoms with Crippen molar-refractivity contribution < 1.29 is 4.52 Å². The lowest BCUT2D eigenvalue weighted by Gasteiger charge is -2.00. The van der Waals surface area contributed by atoms with Gasteiger partial charge >= 0.3 is 0 Å². The molecule has 0 aliphatic rings. The van der Waals surface area contributed by atoms with Gasteiger partial charge in [-0.3, -0.25) is 4.98 Å². The van der Waals surface area contributed by atoms with Crippen molar-refractivity contribution in [2.75, 3.05) is 0 Å². The number of aryl methyl sites for hydroxylation is 2. The number of nitrogens with zero attached hydrogens (tertiary/aromatic N) is 4. The van der Waals surface area contributed by atoms with Crippen LogP contribution in [0.5, 0.6) is 0 Å². The van der Waals surface area contributed by atoms with Gasteiger partial charge in [0, 0.05) is 22.8 Å². The Morgan fingerprint density at radius 1 is 0.913 bits per heavy atom. The third-order valence-electron chi connectivity index (χ3n) is 3.64. The minimum Gasteiger partial charge on any atom is -0.334 e. The zero-order chi connectivity index (χ0) is 15.8. The van der Waals surface area contributed by atoms with E-state index < -0.39 is 0 Å². The lowest BCUT2D eigenvalue weighted by atomic mass is 10.1. The monoisotopic (exact) mass is 302 g/mol. The maximum absolute atomic E-state index is 5.36. The van der Waals surface area contributed by atoms with E-state index in [1.54, 1.807) is 6.20 Å². The molecule has 0 aliphatic heterocycles. The van der Waals surface area contributed by atoms with Crippen LogP contribution in [-0.4, -0.2) is 20.1 Å². The summed E-state index contributed by atoms with van der Waals surface area (Å²) in [5.74, 6) is 0.952. The molecule has 0 bridgehead atoms. The van der Waals surface area contributed by atoms with Gasteiger partial charge in [0.15, 0.2) is 0 Å². The van der Waals surface area contributed by atoms with Crippen molar-refractivity contribution in [1.29, 1.82) is 0 Å². The molecule has 23 heavy (non-hydrogen) atoms. The molecule has 0 saturated carbocycles. The second-order valence-electron chi connectivity index (χ2n) is 5.50. The Hall–Kier alpha value is -3.08. The Morgan fingerprint density at radius 3 is 2.70 bits per heavy atom. The largest absolute Gasteiger partial charge is 0.334 e. The van der Waals surface area contributed by atoms with Gasteiger partial charge in [0.25, 0.3) is 5.89 Å². The summed E-state index contributed by atoms with van der Waals surface area (Å²) < 4.78 is 5.36. The zero-order valence-electron chi connectivity index (χ0n) is 12.8. The summed E-state index contributed by atoms with van der Waals surface area (Å²) in [7, 11) is 0. The van der Waals surface area contributed by atoms with Crippen molar-refractivity contribution in [3.8, 4) is 23.0 Å². The molecular weight excluding hydrogens is 288 g/mol. The van der Waals surface area contributed by atoms with Crippen LogP contribution >= 0.6 is 0 Å². The SMILES string of the molecule is Cc1ccc2nc(-c3noc(-c4ccnc(C)c4)n3)ccc2c1. The number of rotatable bonds is 2. The summed E-state index contributed by atoms with van der Waals surface area (Å²) in [6.45, 7) is 3.99. The molecule has 112 valence electrons. The molecule has 3 heterocycles. The molecule has 1 aromatic carbocycles. The molecule has 4 aromatic rings. The lowest BCUT2D eigenvalue weighted by Crippen LogP contribution is -1.88. The molecule has 0 radical (unpaired) electrons. The minimum atomic E-state index is 0.469. The molecular formula is C18H14N4O. The predicted molar refractivity (Wildman–Crippen MR) is 87.7 cm³/mol. The van der Waals surface area contributed by atoms with Gasteiger partial charge in [-0.05, 0) is 44.2 Å². The topological polar surface area (TPSA) is 64.7 Å². The van der Waals surface area contributed by atoms with Crippen LogP contribution in [0.1, 0.15) is 11.3 Å². The van der Waals surface area contributed by atoms with Crippen LogP contribution in [-0.2, 0) is 0 Å². The Labute approximate surface area is 133 Å². The van der Waals surface area contributed by atoms with Crippen LogP contribution in [0.3, 0.4) is 0 Å². The van der Waals surface area contributed by atoms with E-state index in [4.69, 9.17) is 4.52 Å². The van der Waals surface area contributed by atoms with Crippen molar-refractivity contribution >= 4 is 10.9 Å². The van der Waals surface area contributed by atoms with E-state index in [9.17, 15) is 0 Å². The summed E-state index contributed by atoms with van der Waals surface area (Å²) in [6, 6.07) is 13.8. The first kappa shape index (κ1) is 13.6. The summed E-state index contributed by atoms with van der Waals surface area (Å²) in [5.41, 5.74) is 4.58. The number of hydrogen-bond acceptors (Lipinski definition) is 5. The maximum Gasteiger partial charge on any atom is 0.258 e. The van der Waals surface area contributed by atoms with E-state index in [0.717, 1.165) is 22.2 Å². The molecule has 0 unspecified atom stereocenters. The number of pyridine rings is 2. The zero-order valence-corrected chi connectivity index (χ0v) is 12.8. The molecule has 0 saturated heterocycles. The van der Waals surface area contributed by atoms with Crippen LogP contribution in [0.25, 0.3) is 33.9 Å². The second kappa shape index (κ2) is 5.28. The van der Waals surface area contributed by atoms with E-state index in [1.807, 2.05) is 43.3 Å². The normalized spacial score (nSPS) is 11.0. The van der Waals surface area contributed by atoms with E-state index in [1.165, 1.54) is 5.56 Å². The quantitative estimate of drug-likeness (QED) is 0.560. The fourth-order valence-corrected chi connectivity index (χ4v) is 2.49. The second-order valence-corrected chi connectivity index (χ2v) is 5.50. The van der Waals surface area contributed by atoms with Crippen LogP contribution in [0.4, 0.5) is 0 Å². The van der Waals surface area contributed by atoms with E-state index in [2.05, 4.69) is 33.1 Å². The molecule has 0 N–H and O–H groups in total. The Balaban J connectivity index is 1.75. The van der Waals surface area contributed by atoms with Crippen molar-refractivity contribution in [3.05, 3.63) is 59.9 Å². The number of hydrogen-bond donors (Lipinski definition) is 0. The molecule has 0 atom stereocenters. The molecule has 0 amide bonds. The van der Waals surface area contributed by atoms with Gasteiger partial charge in [-0.2, -0.15) is 4.98 Å². The van der Waals surface area contributed by atoms with Crippen molar-refractivity contribution in [1.82, 2.24) is 20.1 Å². The highest BCUT2D eigenvalue weighted by molar-refractivity contribution is 5.81. The fraction of sp³-hybridized carbons (Fsp3) is 0.111. The Kier molecular flexibility index (Phi) is 3.12. The standard InChI is InChI=1S/C18H14N4O/c1-11-3-5-15-13(9-11)4-6-16(20-15)17-21-18(23-22-17)14-7-8-19-12(2)10-14/h3-10H,1-2H3. The highest BCUT2D eigenvalue weighted by Gasteiger charge is 2.12. The first-order chi connectivity index (χ1) is 11.2. The summed E-state index contributed by atoms with van der Waals surface area (Å²) in [5, 5.41) is 5.15. The smallest absolute Gasteiger partial charge is 0.258 e. The van der Waals surface area contributed by atoms with Gasteiger partial charge in [0.05, 0.1) is 5.52 Å². The third-order valence-corrected chi connectivity index (χ3v) is 3.64. The predicted octanol–water partition coefficient (Wildman–Crippen LogP) is 3.96. The Morgan fingerprint density at radius 2 is 1.83 bits per heavy atom. The van der Waals surface area contributed by atoms with Crippen LogP contribution in [0, 0.1) is 13.8 Å². The summed E-state index contributed by atoms with van der Waals surface area (Å²) in [6.07, 6.45) is 1.73. The molecule has 5 heteroatoms. The van der Waals surface area contributed by atoms with Crippen molar-refractivity contribution in [2.24, 2.45) is 0 Å². The molecule has 5 nitrogen and oxygen atoms in total. The molecule has 4 rings (SSSR count). The fourth-order valence-electron chi connectivity index (χ4n) is 2.49. The summed E-state index contributed by atoms with van der Waals surface area (Å²) >= 11 is 0. The highest BCUT2D eigenvalue weighted by atomic mass is 16.5. The van der Waals surface area contributed by atoms with Gasteiger partial charge < -0.3 is 4.52 Å². The van der Waals surface area contributed by atoms with Gasteiger partial charge in [-0.15, -0.1) is 0 Å². The van der Waals surface area contributed by atoms with Crippen LogP contribution in [0.2, 0.25) is 0 Å². The maximum atomic E-state index is 5.36. The first-order valence-electron chi connectivity index (χ1n) is 7.33. The van der Waals surface area contributed by atoms with E-state index in [-0.39, 0.29) is 0 Å². The molecule has 0 fully saturated rings. The molecule has 0 spiro atoms. The average Bonchev–Trinajstić information content (AvgIpc) is 3.04. The van der Waals surface area contributed by atoms with Crippen molar-refractivity contribution in [2.45, 2.75) is 13.8 Å². The number of aromatic nitrogens is 4. The van der Waals surface area contributed by atoms with E-state index in [0.29, 0.717) is 17.4 Å². The lowest BCUT2D eigenvalue weighted by molar-refractivity contribution is 0.432. The first-order valence-corrected chi connectivity index (χ1v) is 7.33.